The highest BCUT2D eigenvalue weighted by Gasteiger charge is 2.57. The number of hydrogen-bond acceptors (Lipinski definition) is 3. The van der Waals surface area contributed by atoms with E-state index in [0.29, 0.717) is 12.0 Å². The van der Waals surface area contributed by atoms with Gasteiger partial charge in [0.1, 0.15) is 0 Å². The highest BCUT2D eigenvalue weighted by molar-refractivity contribution is 5.82. The van der Waals surface area contributed by atoms with Gasteiger partial charge < -0.3 is 15.5 Å². The molecule has 1 unspecified atom stereocenters. The van der Waals surface area contributed by atoms with E-state index < -0.39 is 0 Å². The van der Waals surface area contributed by atoms with E-state index in [0.717, 1.165) is 37.9 Å². The maximum atomic E-state index is 12.3. The molecule has 1 heterocycles. The second kappa shape index (κ2) is 5.68. The van der Waals surface area contributed by atoms with Gasteiger partial charge in [-0.05, 0) is 55.5 Å². The van der Waals surface area contributed by atoms with E-state index >= 15 is 0 Å². The van der Waals surface area contributed by atoms with Crippen LogP contribution < -0.4 is 15.5 Å². The minimum atomic E-state index is 0.244. The number of carbonyl (C=O) groups excluding carboxylic acids is 1. The van der Waals surface area contributed by atoms with Gasteiger partial charge in [-0.15, -0.1) is 0 Å². The van der Waals surface area contributed by atoms with Crippen LogP contribution in [0, 0.1) is 11.3 Å². The van der Waals surface area contributed by atoms with E-state index in [2.05, 4.69) is 39.8 Å². The van der Waals surface area contributed by atoms with E-state index in [1.807, 2.05) is 14.1 Å². The second-order valence-electron chi connectivity index (χ2n) is 6.65. The summed E-state index contributed by atoms with van der Waals surface area (Å²) in [5.41, 5.74) is 2.67. The fourth-order valence-electron chi connectivity index (χ4n) is 3.42. The van der Waals surface area contributed by atoms with Crippen LogP contribution in [0.25, 0.3) is 0 Å². The molecule has 0 bridgehead atoms. The number of benzene rings is 1. The maximum Gasteiger partial charge on any atom is 0.223 e. The Balaban J connectivity index is 1.50. The van der Waals surface area contributed by atoms with E-state index in [1.54, 1.807) is 0 Å². The van der Waals surface area contributed by atoms with E-state index in [1.165, 1.54) is 5.69 Å². The van der Waals surface area contributed by atoms with Gasteiger partial charge in [0, 0.05) is 32.2 Å². The number of amides is 1. The average molecular weight is 287 g/mol. The van der Waals surface area contributed by atoms with Crippen molar-refractivity contribution >= 4 is 11.6 Å². The van der Waals surface area contributed by atoms with Crippen molar-refractivity contribution < 1.29 is 4.79 Å². The van der Waals surface area contributed by atoms with Gasteiger partial charge in [-0.2, -0.15) is 0 Å². The first kappa shape index (κ1) is 14.4. The molecule has 4 heteroatoms. The smallest absolute Gasteiger partial charge is 0.223 e. The van der Waals surface area contributed by atoms with Gasteiger partial charge in [-0.3, -0.25) is 4.79 Å². The number of nitrogens with one attached hydrogen (secondary N) is 2. The maximum absolute atomic E-state index is 12.3. The fraction of sp³-hybridized carbons (Fsp3) is 0.588. The van der Waals surface area contributed by atoms with Crippen molar-refractivity contribution in [2.75, 3.05) is 32.1 Å². The Labute approximate surface area is 126 Å². The first-order valence-corrected chi connectivity index (χ1v) is 7.85. The number of anilines is 1. The summed E-state index contributed by atoms with van der Waals surface area (Å²) in [6.07, 6.45) is 3.39. The number of rotatable bonds is 4. The molecule has 1 aliphatic heterocycles. The summed E-state index contributed by atoms with van der Waals surface area (Å²) in [5, 5.41) is 6.48. The quantitative estimate of drug-likeness (QED) is 0.887. The first-order valence-electron chi connectivity index (χ1n) is 7.85. The number of hydrogen-bond donors (Lipinski definition) is 2. The molecule has 0 radical (unpaired) electrons. The monoisotopic (exact) mass is 287 g/mol. The highest BCUT2D eigenvalue weighted by atomic mass is 16.2. The van der Waals surface area contributed by atoms with Crippen molar-refractivity contribution in [3.8, 4) is 0 Å². The van der Waals surface area contributed by atoms with Gasteiger partial charge >= 0.3 is 0 Å². The molecule has 2 aliphatic rings. The molecule has 2 fully saturated rings. The van der Waals surface area contributed by atoms with Crippen molar-refractivity contribution in [1.29, 1.82) is 0 Å². The molecular formula is C17H25N3O. The van der Waals surface area contributed by atoms with Gasteiger partial charge in [-0.25, -0.2) is 0 Å². The van der Waals surface area contributed by atoms with Crippen molar-refractivity contribution in [2.45, 2.75) is 25.8 Å². The van der Waals surface area contributed by atoms with Crippen molar-refractivity contribution in [3.05, 3.63) is 29.8 Å². The minimum absolute atomic E-state index is 0.244. The summed E-state index contributed by atoms with van der Waals surface area (Å²) in [5.74, 6) is 0.495. The Morgan fingerprint density at radius 2 is 1.95 bits per heavy atom. The Kier molecular flexibility index (Phi) is 3.89. The Morgan fingerprint density at radius 1 is 1.29 bits per heavy atom. The molecule has 1 aromatic rings. The summed E-state index contributed by atoms with van der Waals surface area (Å²) in [7, 11) is 4.06. The van der Waals surface area contributed by atoms with Gasteiger partial charge in [0.05, 0.1) is 0 Å². The van der Waals surface area contributed by atoms with Gasteiger partial charge in [-0.1, -0.05) is 12.1 Å². The van der Waals surface area contributed by atoms with Crippen LogP contribution in [0.1, 0.15) is 24.8 Å². The molecule has 3 rings (SSSR count). The molecule has 1 aliphatic carbocycles. The lowest BCUT2D eigenvalue weighted by atomic mass is 9.92. The van der Waals surface area contributed by atoms with Crippen LogP contribution in [0.15, 0.2) is 24.3 Å². The molecule has 1 spiro atoms. The van der Waals surface area contributed by atoms with Crippen LogP contribution in [-0.2, 0) is 11.3 Å². The third kappa shape index (κ3) is 3.05. The topological polar surface area (TPSA) is 44.4 Å². The molecule has 21 heavy (non-hydrogen) atoms. The summed E-state index contributed by atoms with van der Waals surface area (Å²) in [4.78, 5) is 14.4. The van der Waals surface area contributed by atoms with E-state index in [4.69, 9.17) is 0 Å². The lowest BCUT2D eigenvalue weighted by Gasteiger charge is -2.23. The lowest BCUT2D eigenvalue weighted by Crippen LogP contribution is -2.33. The van der Waals surface area contributed by atoms with Gasteiger partial charge in [0.2, 0.25) is 5.91 Å². The molecule has 0 aromatic heterocycles. The average Bonchev–Trinajstić information content (AvgIpc) is 3.19. The number of piperidine rings is 1. The van der Waals surface area contributed by atoms with Gasteiger partial charge in [0.15, 0.2) is 0 Å². The normalized spacial score (nSPS) is 22.9. The van der Waals surface area contributed by atoms with Crippen LogP contribution in [-0.4, -0.2) is 33.1 Å². The van der Waals surface area contributed by atoms with Crippen LogP contribution >= 0.6 is 0 Å². The third-order valence-corrected chi connectivity index (χ3v) is 5.03. The van der Waals surface area contributed by atoms with Gasteiger partial charge in [0.25, 0.3) is 0 Å². The van der Waals surface area contributed by atoms with Crippen LogP contribution in [0.3, 0.4) is 0 Å². The molecule has 1 atom stereocenters. The largest absolute Gasteiger partial charge is 0.378 e. The molecule has 4 nitrogen and oxygen atoms in total. The van der Waals surface area contributed by atoms with Crippen molar-refractivity contribution in [2.24, 2.45) is 11.3 Å². The summed E-state index contributed by atoms with van der Waals surface area (Å²) < 4.78 is 0. The van der Waals surface area contributed by atoms with E-state index in [9.17, 15) is 4.79 Å². The zero-order valence-corrected chi connectivity index (χ0v) is 13.0. The van der Waals surface area contributed by atoms with Crippen molar-refractivity contribution in [3.63, 3.8) is 0 Å². The SMILES string of the molecule is CN(C)c1ccc(CNC(=O)C2CC23CCNCC3)cc1. The molecule has 1 saturated carbocycles. The summed E-state index contributed by atoms with van der Waals surface area (Å²) >= 11 is 0. The molecule has 1 amide bonds. The predicted octanol–water partition coefficient (Wildman–Crippen LogP) is 1.76. The summed E-state index contributed by atoms with van der Waals surface area (Å²) in [6.45, 7) is 2.77. The Hall–Kier alpha value is -1.55. The molecule has 1 saturated heterocycles. The zero-order chi connectivity index (χ0) is 14.9. The van der Waals surface area contributed by atoms with Crippen LogP contribution in [0.4, 0.5) is 5.69 Å². The number of nitrogens with zero attached hydrogens (tertiary/aromatic N) is 1. The summed E-state index contributed by atoms with van der Waals surface area (Å²) in [6, 6.07) is 8.35. The highest BCUT2D eigenvalue weighted by Crippen LogP contribution is 2.58. The standard InChI is InChI=1S/C17H25N3O/c1-20(2)14-5-3-13(4-6-14)12-19-16(21)15-11-17(15)7-9-18-10-8-17/h3-6,15,18H,7-12H2,1-2H3,(H,19,21). The molecular weight excluding hydrogens is 262 g/mol. The predicted molar refractivity (Wildman–Crippen MR) is 85.3 cm³/mol. The van der Waals surface area contributed by atoms with Crippen LogP contribution in [0.2, 0.25) is 0 Å². The van der Waals surface area contributed by atoms with E-state index in [-0.39, 0.29) is 11.8 Å². The molecule has 1 aromatic carbocycles. The lowest BCUT2D eigenvalue weighted by molar-refractivity contribution is -0.123. The fourth-order valence-corrected chi connectivity index (χ4v) is 3.42. The Bertz CT molecular complexity index is 503. The van der Waals surface area contributed by atoms with Crippen molar-refractivity contribution in [1.82, 2.24) is 10.6 Å². The minimum Gasteiger partial charge on any atom is -0.378 e. The zero-order valence-electron chi connectivity index (χ0n) is 13.0. The Morgan fingerprint density at radius 3 is 2.57 bits per heavy atom. The second-order valence-corrected chi connectivity index (χ2v) is 6.65. The van der Waals surface area contributed by atoms with Crippen LogP contribution in [0.5, 0.6) is 0 Å². The molecule has 114 valence electrons. The molecule has 2 N–H and O–H groups in total. The number of carbonyl (C=O) groups is 1. The third-order valence-electron chi connectivity index (χ3n) is 5.03. The first-order chi connectivity index (χ1) is 10.1.